The molecular weight excluding hydrogens is 422 g/mol. The summed E-state index contributed by atoms with van der Waals surface area (Å²) in [6.07, 6.45) is 1.01. The maximum Gasteiger partial charge on any atom is 0.326 e. The van der Waals surface area contributed by atoms with Crippen LogP contribution >= 0.6 is 0 Å². The van der Waals surface area contributed by atoms with E-state index in [0.29, 0.717) is 31.5 Å². The first-order chi connectivity index (χ1) is 15.8. The normalized spacial score (nSPS) is 18.4. The summed E-state index contributed by atoms with van der Waals surface area (Å²) < 4.78 is 0. The highest BCUT2D eigenvalue weighted by molar-refractivity contribution is 6.16. The number of para-hydroxylation sites is 1. The molecule has 0 bridgehead atoms. The summed E-state index contributed by atoms with van der Waals surface area (Å²) in [7, 11) is 0. The monoisotopic (exact) mass is 449 g/mol. The largest absolute Gasteiger partial charge is 0.480 e. The fourth-order valence-electron chi connectivity index (χ4n) is 4.57. The van der Waals surface area contributed by atoms with Gasteiger partial charge in [-0.3, -0.25) is 14.4 Å². The molecule has 4 rings (SSSR count). The van der Waals surface area contributed by atoms with E-state index in [1.165, 1.54) is 4.90 Å². The van der Waals surface area contributed by atoms with Gasteiger partial charge in [-0.25, -0.2) is 4.79 Å². The van der Waals surface area contributed by atoms with E-state index >= 15 is 0 Å². The van der Waals surface area contributed by atoms with Gasteiger partial charge in [-0.1, -0.05) is 44.2 Å². The Labute approximate surface area is 192 Å². The van der Waals surface area contributed by atoms with Gasteiger partial charge in [-0.2, -0.15) is 0 Å². The zero-order valence-corrected chi connectivity index (χ0v) is 18.7. The van der Waals surface area contributed by atoms with E-state index in [1.54, 1.807) is 30.9 Å². The molecule has 2 aromatic carbocycles. The van der Waals surface area contributed by atoms with Crippen LogP contribution in [0.1, 0.15) is 53.0 Å². The number of anilines is 1. The molecule has 2 aromatic rings. The van der Waals surface area contributed by atoms with Crippen LogP contribution in [0.5, 0.6) is 0 Å². The van der Waals surface area contributed by atoms with Crippen LogP contribution in [0.25, 0.3) is 0 Å². The van der Waals surface area contributed by atoms with Gasteiger partial charge in [0.25, 0.3) is 11.8 Å². The van der Waals surface area contributed by atoms with Gasteiger partial charge in [0.05, 0.1) is 17.7 Å². The highest BCUT2D eigenvalue weighted by Gasteiger charge is 2.39. The second-order valence-corrected chi connectivity index (χ2v) is 8.79. The summed E-state index contributed by atoms with van der Waals surface area (Å²) in [6.45, 7) is 4.30. The zero-order chi connectivity index (χ0) is 23.7. The van der Waals surface area contributed by atoms with Crippen molar-refractivity contribution in [2.24, 2.45) is 5.92 Å². The first-order valence-electron chi connectivity index (χ1n) is 11.1. The van der Waals surface area contributed by atoms with Gasteiger partial charge < -0.3 is 20.2 Å². The lowest BCUT2D eigenvalue weighted by Gasteiger charge is -2.29. The first-order valence-corrected chi connectivity index (χ1v) is 11.1. The van der Waals surface area contributed by atoms with Crippen LogP contribution in [0.4, 0.5) is 5.69 Å². The average Bonchev–Trinajstić information content (AvgIpc) is 3.42. The fraction of sp³-hybridized carbons (Fsp3) is 0.360. The van der Waals surface area contributed by atoms with Gasteiger partial charge >= 0.3 is 5.97 Å². The van der Waals surface area contributed by atoms with Crippen molar-refractivity contribution in [3.8, 4) is 0 Å². The molecule has 0 spiro atoms. The molecule has 1 saturated heterocycles. The number of fused-ring (bicyclic) bond motifs is 1. The summed E-state index contributed by atoms with van der Waals surface area (Å²) in [5, 5.41) is 12.2. The van der Waals surface area contributed by atoms with Crippen LogP contribution in [0.2, 0.25) is 0 Å². The fourth-order valence-corrected chi connectivity index (χ4v) is 4.57. The molecule has 2 aliphatic heterocycles. The molecule has 0 aromatic heterocycles. The zero-order valence-electron chi connectivity index (χ0n) is 18.7. The number of likely N-dealkylation sites (tertiary alicyclic amines) is 1. The van der Waals surface area contributed by atoms with Crippen LogP contribution in [-0.4, -0.2) is 52.3 Å². The lowest BCUT2D eigenvalue weighted by Crippen LogP contribution is -2.53. The Morgan fingerprint density at radius 3 is 2.45 bits per heavy atom. The van der Waals surface area contributed by atoms with E-state index in [2.05, 4.69) is 5.32 Å². The van der Waals surface area contributed by atoms with Crippen molar-refractivity contribution in [2.75, 3.05) is 11.4 Å². The molecule has 0 radical (unpaired) electrons. The van der Waals surface area contributed by atoms with Gasteiger partial charge in [0.1, 0.15) is 12.1 Å². The van der Waals surface area contributed by atoms with Crippen LogP contribution in [0, 0.1) is 5.92 Å². The number of nitrogens with one attached hydrogen (secondary N) is 1. The minimum Gasteiger partial charge on any atom is -0.480 e. The van der Waals surface area contributed by atoms with E-state index in [0.717, 1.165) is 11.3 Å². The quantitative estimate of drug-likeness (QED) is 0.705. The van der Waals surface area contributed by atoms with E-state index in [-0.39, 0.29) is 17.4 Å². The van der Waals surface area contributed by atoms with Crippen LogP contribution < -0.4 is 10.2 Å². The molecule has 2 atom stereocenters. The highest BCUT2D eigenvalue weighted by Crippen LogP contribution is 2.30. The minimum atomic E-state index is -1.04. The Balaban J connectivity index is 1.58. The Morgan fingerprint density at radius 1 is 1.06 bits per heavy atom. The molecule has 2 unspecified atom stereocenters. The van der Waals surface area contributed by atoms with Gasteiger partial charge in [-0.15, -0.1) is 0 Å². The smallest absolute Gasteiger partial charge is 0.326 e. The summed E-state index contributed by atoms with van der Waals surface area (Å²) >= 11 is 0. The lowest BCUT2D eigenvalue weighted by atomic mass is 9.99. The maximum absolute atomic E-state index is 13.3. The van der Waals surface area contributed by atoms with Gasteiger partial charge in [0, 0.05) is 12.2 Å². The molecule has 1 fully saturated rings. The molecule has 2 heterocycles. The number of hydrogen-bond acceptors (Lipinski definition) is 4. The molecule has 8 nitrogen and oxygen atoms in total. The average molecular weight is 450 g/mol. The topological polar surface area (TPSA) is 107 Å². The highest BCUT2D eigenvalue weighted by atomic mass is 16.4. The number of hydrogen-bond donors (Lipinski definition) is 2. The van der Waals surface area contributed by atoms with Crippen LogP contribution in [0.15, 0.2) is 48.5 Å². The Morgan fingerprint density at radius 2 is 1.79 bits per heavy atom. The number of benzene rings is 2. The number of carboxylic acid groups (broad SMARTS) is 1. The Bertz CT molecular complexity index is 1100. The van der Waals surface area contributed by atoms with Gasteiger partial charge in [0.2, 0.25) is 5.91 Å². The summed E-state index contributed by atoms with van der Waals surface area (Å²) in [5.41, 5.74) is 2.03. The molecule has 0 aliphatic carbocycles. The molecule has 8 heteroatoms. The maximum atomic E-state index is 13.3. The second-order valence-electron chi connectivity index (χ2n) is 8.79. The molecule has 3 amide bonds. The summed E-state index contributed by atoms with van der Waals surface area (Å²) in [4.78, 5) is 54.2. The summed E-state index contributed by atoms with van der Waals surface area (Å²) in [5.74, 6) is -2.49. The Kier molecular flexibility index (Phi) is 6.18. The molecule has 0 saturated carbocycles. The van der Waals surface area contributed by atoms with Crippen LogP contribution in [0.3, 0.4) is 0 Å². The number of amides is 3. The number of carboxylic acids is 1. The second kappa shape index (κ2) is 9.05. The third-order valence-corrected chi connectivity index (χ3v) is 6.29. The lowest BCUT2D eigenvalue weighted by molar-refractivity contribution is -0.149. The van der Waals surface area contributed by atoms with Crippen molar-refractivity contribution in [3.05, 3.63) is 65.2 Å². The van der Waals surface area contributed by atoms with E-state index in [9.17, 15) is 24.3 Å². The van der Waals surface area contributed by atoms with Crippen molar-refractivity contribution in [3.63, 3.8) is 0 Å². The molecule has 33 heavy (non-hydrogen) atoms. The molecule has 172 valence electrons. The third kappa shape index (κ3) is 4.20. The van der Waals surface area contributed by atoms with E-state index < -0.39 is 29.9 Å². The predicted octanol–water partition coefficient (Wildman–Crippen LogP) is 2.68. The number of carbonyl (C=O) groups excluding carboxylic acids is 3. The Hall–Kier alpha value is -3.68. The number of carbonyl (C=O) groups is 4. The van der Waals surface area contributed by atoms with Crippen LogP contribution in [-0.2, 0) is 16.1 Å². The number of aliphatic carboxylic acids is 1. The molecule has 2 aliphatic rings. The van der Waals surface area contributed by atoms with E-state index in [4.69, 9.17) is 0 Å². The number of nitrogens with zero attached hydrogens (tertiary/aromatic N) is 2. The predicted molar refractivity (Wildman–Crippen MR) is 122 cm³/mol. The first kappa shape index (κ1) is 22.5. The standard InChI is InChI=1S/C25H27N3O5/c1-15(2)21(24(31)27-13-7-12-19(27)25(32)33)26-22(29)18-11-6-8-16-14-28(23(30)20(16)18)17-9-4-3-5-10-17/h3-6,8-11,15,19,21H,7,12-14H2,1-2H3,(H,26,29)(H,32,33). The molecular formula is C25H27N3O5. The van der Waals surface area contributed by atoms with Crippen molar-refractivity contribution in [1.82, 2.24) is 10.2 Å². The van der Waals surface area contributed by atoms with Crippen molar-refractivity contribution in [2.45, 2.75) is 45.3 Å². The summed E-state index contributed by atoms with van der Waals surface area (Å²) in [6, 6.07) is 12.6. The minimum absolute atomic E-state index is 0.214. The van der Waals surface area contributed by atoms with Crippen molar-refractivity contribution >= 4 is 29.4 Å². The van der Waals surface area contributed by atoms with Gasteiger partial charge in [0.15, 0.2) is 0 Å². The van der Waals surface area contributed by atoms with E-state index in [1.807, 2.05) is 36.4 Å². The van der Waals surface area contributed by atoms with Crippen molar-refractivity contribution in [1.29, 1.82) is 0 Å². The number of rotatable bonds is 6. The third-order valence-electron chi connectivity index (χ3n) is 6.29. The van der Waals surface area contributed by atoms with Gasteiger partial charge in [-0.05, 0) is 42.5 Å². The molecule has 2 N–H and O–H groups in total. The SMILES string of the molecule is CC(C)C(NC(=O)c1cccc2c1C(=O)N(c1ccccc1)C2)C(=O)N1CCCC1C(=O)O. The van der Waals surface area contributed by atoms with Crippen molar-refractivity contribution < 1.29 is 24.3 Å².